The number of hydrogen-bond donors (Lipinski definition) is 1. The van der Waals surface area contributed by atoms with Gasteiger partial charge in [0.25, 0.3) is 5.56 Å². The molecule has 112 valence electrons. The second-order valence-corrected chi connectivity index (χ2v) is 4.84. The topological polar surface area (TPSA) is 56.1 Å². The molecule has 0 spiro atoms. The Bertz CT molecular complexity index is 617. The van der Waals surface area contributed by atoms with Crippen LogP contribution in [0.2, 0.25) is 0 Å². The van der Waals surface area contributed by atoms with E-state index in [2.05, 4.69) is 10.4 Å². The summed E-state index contributed by atoms with van der Waals surface area (Å²) in [7, 11) is 3.47. The molecule has 2 rings (SSSR count). The molecular weight excluding hydrogens is 266 g/mol. The summed E-state index contributed by atoms with van der Waals surface area (Å²) in [4.78, 5) is 12.3. The summed E-state index contributed by atoms with van der Waals surface area (Å²) < 4.78 is 6.71. The Hall–Kier alpha value is -2.14. The van der Waals surface area contributed by atoms with Gasteiger partial charge < -0.3 is 10.1 Å². The molecule has 21 heavy (non-hydrogen) atoms. The number of aromatic nitrogens is 2. The summed E-state index contributed by atoms with van der Waals surface area (Å²) in [6, 6.07) is 9.54. The number of rotatable bonds is 6. The Labute approximate surface area is 124 Å². The highest BCUT2D eigenvalue weighted by atomic mass is 16.5. The Balaban J connectivity index is 2.48. The maximum atomic E-state index is 12.3. The summed E-state index contributed by atoms with van der Waals surface area (Å²) in [6.07, 6.45) is 0.873. The molecule has 1 aromatic carbocycles. The zero-order chi connectivity index (χ0) is 15.2. The molecule has 0 saturated carbocycles. The molecule has 1 N–H and O–H groups in total. The standard InChI is InChI=1S/C16H21N3O2/c1-4-9-19-16(20)13(11-17-2)10-15(18-19)12-5-7-14(21-3)8-6-12/h5-8,10,17H,4,9,11H2,1-3H3. The molecular formula is C16H21N3O2. The quantitative estimate of drug-likeness (QED) is 0.883. The molecule has 0 aliphatic rings. The molecule has 5 heteroatoms. The van der Waals surface area contributed by atoms with E-state index in [9.17, 15) is 4.79 Å². The third-order valence-electron chi connectivity index (χ3n) is 3.24. The Morgan fingerprint density at radius 1 is 1.29 bits per heavy atom. The van der Waals surface area contributed by atoms with Crippen molar-refractivity contribution >= 4 is 0 Å². The van der Waals surface area contributed by atoms with Gasteiger partial charge >= 0.3 is 0 Å². The van der Waals surface area contributed by atoms with Crippen LogP contribution in [0.3, 0.4) is 0 Å². The van der Waals surface area contributed by atoms with Crippen molar-refractivity contribution in [3.63, 3.8) is 0 Å². The zero-order valence-electron chi connectivity index (χ0n) is 12.7. The Kier molecular flexibility index (Phi) is 5.11. The highest BCUT2D eigenvalue weighted by Crippen LogP contribution is 2.20. The van der Waals surface area contributed by atoms with Crippen molar-refractivity contribution in [3.05, 3.63) is 46.2 Å². The SMILES string of the molecule is CCCn1nc(-c2ccc(OC)cc2)cc(CNC)c1=O. The van der Waals surface area contributed by atoms with Crippen LogP contribution in [0.15, 0.2) is 35.1 Å². The maximum absolute atomic E-state index is 12.3. The highest BCUT2D eigenvalue weighted by Gasteiger charge is 2.09. The van der Waals surface area contributed by atoms with Crippen molar-refractivity contribution in [1.29, 1.82) is 0 Å². The van der Waals surface area contributed by atoms with E-state index < -0.39 is 0 Å². The zero-order valence-corrected chi connectivity index (χ0v) is 12.7. The van der Waals surface area contributed by atoms with Crippen LogP contribution in [0.5, 0.6) is 5.75 Å². The van der Waals surface area contributed by atoms with Crippen LogP contribution < -0.4 is 15.6 Å². The third kappa shape index (κ3) is 3.49. The number of benzene rings is 1. The van der Waals surface area contributed by atoms with Gasteiger partial charge in [-0.1, -0.05) is 6.92 Å². The third-order valence-corrected chi connectivity index (χ3v) is 3.24. The van der Waals surface area contributed by atoms with E-state index in [1.807, 2.05) is 44.3 Å². The number of nitrogens with zero attached hydrogens (tertiary/aromatic N) is 2. The minimum atomic E-state index is -0.0246. The lowest BCUT2D eigenvalue weighted by atomic mass is 10.1. The van der Waals surface area contributed by atoms with E-state index in [0.29, 0.717) is 13.1 Å². The second-order valence-electron chi connectivity index (χ2n) is 4.84. The van der Waals surface area contributed by atoms with Crippen LogP contribution in [0.25, 0.3) is 11.3 Å². The van der Waals surface area contributed by atoms with Gasteiger partial charge in [-0.25, -0.2) is 4.68 Å². The van der Waals surface area contributed by atoms with Crippen LogP contribution in [-0.2, 0) is 13.1 Å². The lowest BCUT2D eigenvalue weighted by Gasteiger charge is -2.10. The number of aryl methyl sites for hydroxylation is 1. The normalized spacial score (nSPS) is 10.6. The lowest BCUT2D eigenvalue weighted by molar-refractivity contribution is 0.415. The lowest BCUT2D eigenvalue weighted by Crippen LogP contribution is -2.28. The first-order chi connectivity index (χ1) is 10.2. The van der Waals surface area contributed by atoms with Gasteiger partial charge in [0.1, 0.15) is 5.75 Å². The number of hydrogen-bond acceptors (Lipinski definition) is 4. The molecule has 0 aliphatic carbocycles. The summed E-state index contributed by atoms with van der Waals surface area (Å²) in [5, 5.41) is 7.50. The van der Waals surface area contributed by atoms with E-state index in [4.69, 9.17) is 4.74 Å². The average Bonchev–Trinajstić information content (AvgIpc) is 2.51. The van der Waals surface area contributed by atoms with Gasteiger partial charge in [-0.05, 0) is 43.8 Å². The molecule has 1 aromatic heterocycles. The largest absolute Gasteiger partial charge is 0.497 e. The second kappa shape index (κ2) is 7.04. The van der Waals surface area contributed by atoms with Gasteiger partial charge in [-0.2, -0.15) is 5.10 Å². The molecule has 0 fully saturated rings. The molecule has 1 heterocycles. The molecule has 0 saturated heterocycles. The number of methoxy groups -OCH3 is 1. The van der Waals surface area contributed by atoms with E-state index >= 15 is 0 Å². The summed E-state index contributed by atoms with van der Waals surface area (Å²) in [5.41, 5.74) is 2.48. The van der Waals surface area contributed by atoms with Crippen LogP contribution >= 0.6 is 0 Å². The van der Waals surface area contributed by atoms with Gasteiger partial charge in [0.15, 0.2) is 0 Å². The van der Waals surface area contributed by atoms with E-state index in [-0.39, 0.29) is 5.56 Å². The van der Waals surface area contributed by atoms with E-state index in [0.717, 1.165) is 29.0 Å². The van der Waals surface area contributed by atoms with Crippen molar-refractivity contribution in [1.82, 2.24) is 15.1 Å². The first kappa shape index (κ1) is 15.3. The highest BCUT2D eigenvalue weighted by molar-refractivity contribution is 5.60. The smallest absolute Gasteiger partial charge is 0.271 e. The molecule has 0 bridgehead atoms. The first-order valence-corrected chi connectivity index (χ1v) is 7.09. The fourth-order valence-corrected chi connectivity index (χ4v) is 2.18. The van der Waals surface area contributed by atoms with Crippen molar-refractivity contribution in [3.8, 4) is 17.0 Å². The van der Waals surface area contributed by atoms with Crippen LogP contribution in [-0.4, -0.2) is 23.9 Å². The van der Waals surface area contributed by atoms with Crippen molar-refractivity contribution in [2.45, 2.75) is 26.4 Å². The van der Waals surface area contributed by atoms with Crippen LogP contribution in [0, 0.1) is 0 Å². The fourth-order valence-electron chi connectivity index (χ4n) is 2.18. The predicted molar refractivity (Wildman–Crippen MR) is 83.5 cm³/mol. The molecule has 0 atom stereocenters. The van der Waals surface area contributed by atoms with Gasteiger partial charge in [0.05, 0.1) is 12.8 Å². The van der Waals surface area contributed by atoms with Gasteiger partial charge in [0, 0.05) is 24.2 Å². The van der Waals surface area contributed by atoms with Gasteiger partial charge in [0.2, 0.25) is 0 Å². The molecule has 0 amide bonds. The summed E-state index contributed by atoms with van der Waals surface area (Å²) in [5.74, 6) is 0.802. The van der Waals surface area contributed by atoms with Gasteiger partial charge in [-0.3, -0.25) is 4.79 Å². The number of ether oxygens (including phenoxy) is 1. The summed E-state index contributed by atoms with van der Waals surface area (Å²) in [6.45, 7) is 3.19. The van der Waals surface area contributed by atoms with Crippen molar-refractivity contribution in [2.24, 2.45) is 0 Å². The Morgan fingerprint density at radius 2 is 2.00 bits per heavy atom. The predicted octanol–water partition coefficient (Wildman–Crippen LogP) is 2.05. The maximum Gasteiger partial charge on any atom is 0.271 e. The minimum Gasteiger partial charge on any atom is -0.497 e. The van der Waals surface area contributed by atoms with Crippen LogP contribution in [0.1, 0.15) is 18.9 Å². The van der Waals surface area contributed by atoms with Crippen LogP contribution in [0.4, 0.5) is 0 Å². The van der Waals surface area contributed by atoms with Gasteiger partial charge in [-0.15, -0.1) is 0 Å². The van der Waals surface area contributed by atoms with E-state index in [1.165, 1.54) is 0 Å². The minimum absolute atomic E-state index is 0.0246. The summed E-state index contributed by atoms with van der Waals surface area (Å²) >= 11 is 0. The molecule has 0 unspecified atom stereocenters. The molecule has 5 nitrogen and oxygen atoms in total. The van der Waals surface area contributed by atoms with Crippen molar-refractivity contribution < 1.29 is 4.74 Å². The molecule has 0 radical (unpaired) electrons. The molecule has 2 aromatic rings. The van der Waals surface area contributed by atoms with Crippen molar-refractivity contribution in [2.75, 3.05) is 14.2 Å². The fraction of sp³-hybridized carbons (Fsp3) is 0.375. The average molecular weight is 287 g/mol. The first-order valence-electron chi connectivity index (χ1n) is 7.09. The number of nitrogens with one attached hydrogen (secondary N) is 1. The monoisotopic (exact) mass is 287 g/mol. The van der Waals surface area contributed by atoms with E-state index in [1.54, 1.807) is 11.8 Å². The molecule has 0 aliphatic heterocycles. The Morgan fingerprint density at radius 3 is 2.57 bits per heavy atom.